The van der Waals surface area contributed by atoms with Crippen LogP contribution in [0.5, 0.6) is 0 Å². The molecule has 0 bridgehead atoms. The Morgan fingerprint density at radius 1 is 1.50 bits per heavy atom. The highest BCUT2D eigenvalue weighted by Gasteiger charge is 2.07. The minimum atomic E-state index is -0.327. The smallest absolute Gasteiger partial charge is 0.0639 e. The Kier molecular flexibility index (Phi) is 5.22. The minimum Gasteiger partial charge on any atom is -0.392 e. The van der Waals surface area contributed by atoms with Crippen LogP contribution < -0.4 is 5.73 Å². The largest absolute Gasteiger partial charge is 0.392 e. The minimum absolute atomic E-state index is 0.327. The second-order valence-corrected chi connectivity index (χ2v) is 4.58. The molecule has 0 spiro atoms. The van der Waals surface area contributed by atoms with E-state index in [0.29, 0.717) is 13.1 Å². The third kappa shape index (κ3) is 4.10. The lowest BCUT2D eigenvalue weighted by molar-refractivity contribution is 0.138. The average Bonchev–Trinajstić information content (AvgIpc) is 2.19. The molecule has 0 aliphatic heterocycles. The zero-order valence-corrected chi connectivity index (χ0v) is 10.5. The first-order chi connectivity index (χ1) is 7.52. The van der Waals surface area contributed by atoms with E-state index in [1.807, 2.05) is 30.1 Å². The number of halogens is 1. The molecule has 0 amide bonds. The lowest BCUT2D eigenvalue weighted by Gasteiger charge is -2.19. The first-order valence-electron chi connectivity index (χ1n) is 5.37. The fraction of sp³-hybridized carbons (Fsp3) is 0.500. The number of nitrogens with zero attached hydrogens (tertiary/aromatic N) is 1. The maximum atomic E-state index is 9.26. The van der Waals surface area contributed by atoms with Gasteiger partial charge in [-0.15, -0.1) is 0 Å². The maximum absolute atomic E-state index is 9.26. The van der Waals surface area contributed by atoms with E-state index >= 15 is 0 Å². The van der Waals surface area contributed by atoms with Crippen LogP contribution in [0.2, 0.25) is 5.02 Å². The molecule has 0 aromatic heterocycles. The van der Waals surface area contributed by atoms with Gasteiger partial charge in [0.2, 0.25) is 0 Å². The molecule has 1 rings (SSSR count). The molecule has 0 saturated carbocycles. The Labute approximate surface area is 102 Å². The van der Waals surface area contributed by atoms with Gasteiger partial charge in [0.05, 0.1) is 6.10 Å². The van der Waals surface area contributed by atoms with Crippen LogP contribution in [0.25, 0.3) is 0 Å². The molecule has 1 atom stereocenters. The van der Waals surface area contributed by atoms with Gasteiger partial charge in [0.15, 0.2) is 0 Å². The molecule has 0 heterocycles. The average molecular weight is 243 g/mol. The van der Waals surface area contributed by atoms with E-state index in [9.17, 15) is 5.11 Å². The molecule has 0 fully saturated rings. The number of benzene rings is 1. The summed E-state index contributed by atoms with van der Waals surface area (Å²) in [5, 5.41) is 10.00. The summed E-state index contributed by atoms with van der Waals surface area (Å²) in [6, 6.07) is 5.87. The summed E-state index contributed by atoms with van der Waals surface area (Å²) in [6.07, 6.45) is -0.327. The topological polar surface area (TPSA) is 49.5 Å². The molecule has 4 heteroatoms. The lowest BCUT2D eigenvalue weighted by atomic mass is 10.1. The van der Waals surface area contributed by atoms with Gasteiger partial charge < -0.3 is 10.8 Å². The molecule has 1 aromatic rings. The van der Waals surface area contributed by atoms with Crippen LogP contribution in [0.15, 0.2) is 18.2 Å². The van der Waals surface area contributed by atoms with Gasteiger partial charge in [0.1, 0.15) is 0 Å². The van der Waals surface area contributed by atoms with Crippen molar-refractivity contribution in [2.24, 2.45) is 5.73 Å². The highest BCUT2D eigenvalue weighted by atomic mass is 35.5. The van der Waals surface area contributed by atoms with Gasteiger partial charge in [-0.2, -0.15) is 0 Å². The number of hydrogen-bond acceptors (Lipinski definition) is 3. The zero-order chi connectivity index (χ0) is 12.1. The summed E-state index contributed by atoms with van der Waals surface area (Å²) >= 11 is 6.14. The summed E-state index contributed by atoms with van der Waals surface area (Å²) in [5.74, 6) is 0. The molecule has 1 unspecified atom stereocenters. The Morgan fingerprint density at radius 2 is 2.19 bits per heavy atom. The van der Waals surface area contributed by atoms with Crippen molar-refractivity contribution >= 4 is 11.6 Å². The number of rotatable bonds is 5. The molecule has 0 saturated heterocycles. The summed E-state index contributed by atoms with van der Waals surface area (Å²) in [7, 11) is 1.96. The first kappa shape index (κ1) is 13.5. The zero-order valence-electron chi connectivity index (χ0n) is 9.78. The van der Waals surface area contributed by atoms with Crippen molar-refractivity contribution in [3.8, 4) is 0 Å². The monoisotopic (exact) mass is 242 g/mol. The Bertz CT molecular complexity index is 342. The molecule has 0 aliphatic rings. The quantitative estimate of drug-likeness (QED) is 0.825. The number of nitrogens with two attached hydrogens (primary N) is 1. The Hall–Kier alpha value is -0.610. The lowest BCUT2D eigenvalue weighted by Crippen LogP contribution is -2.26. The highest BCUT2D eigenvalue weighted by molar-refractivity contribution is 6.31. The van der Waals surface area contributed by atoms with E-state index in [4.69, 9.17) is 17.3 Å². The third-order valence-electron chi connectivity index (χ3n) is 2.37. The summed E-state index contributed by atoms with van der Waals surface area (Å²) < 4.78 is 0. The number of likely N-dealkylation sites (N-methyl/N-ethyl adjacent to an activating group) is 1. The fourth-order valence-electron chi connectivity index (χ4n) is 1.65. The van der Waals surface area contributed by atoms with Crippen LogP contribution in [0.4, 0.5) is 0 Å². The molecule has 90 valence electrons. The van der Waals surface area contributed by atoms with Crippen LogP contribution in [0.3, 0.4) is 0 Å². The standard InChI is InChI=1S/C12H19ClN2O/c1-9(16)7-15(2)8-11-4-3-10(6-14)5-12(11)13/h3-5,9,16H,6-8,14H2,1-2H3. The number of aliphatic hydroxyl groups is 1. The van der Waals surface area contributed by atoms with E-state index in [1.54, 1.807) is 6.92 Å². The fourth-order valence-corrected chi connectivity index (χ4v) is 1.92. The van der Waals surface area contributed by atoms with Gasteiger partial charge in [-0.3, -0.25) is 4.90 Å². The molecular weight excluding hydrogens is 224 g/mol. The number of aliphatic hydroxyl groups excluding tert-OH is 1. The van der Waals surface area contributed by atoms with Crippen molar-refractivity contribution in [1.82, 2.24) is 4.90 Å². The molecule has 0 aliphatic carbocycles. The van der Waals surface area contributed by atoms with Crippen LogP contribution in [0.1, 0.15) is 18.1 Å². The van der Waals surface area contributed by atoms with Crippen molar-refractivity contribution < 1.29 is 5.11 Å². The van der Waals surface area contributed by atoms with E-state index < -0.39 is 0 Å². The van der Waals surface area contributed by atoms with E-state index in [-0.39, 0.29) is 6.10 Å². The van der Waals surface area contributed by atoms with Gasteiger partial charge in [-0.1, -0.05) is 23.7 Å². The molecular formula is C12H19ClN2O. The second-order valence-electron chi connectivity index (χ2n) is 4.18. The van der Waals surface area contributed by atoms with Gasteiger partial charge >= 0.3 is 0 Å². The van der Waals surface area contributed by atoms with E-state index in [2.05, 4.69) is 0 Å². The summed E-state index contributed by atoms with van der Waals surface area (Å²) in [5.41, 5.74) is 7.63. The van der Waals surface area contributed by atoms with Gasteiger partial charge in [0, 0.05) is 24.7 Å². The van der Waals surface area contributed by atoms with Gasteiger partial charge in [-0.25, -0.2) is 0 Å². The maximum Gasteiger partial charge on any atom is 0.0639 e. The molecule has 1 aromatic carbocycles. The third-order valence-corrected chi connectivity index (χ3v) is 2.72. The normalized spacial score (nSPS) is 13.1. The summed E-state index contributed by atoms with van der Waals surface area (Å²) in [4.78, 5) is 2.04. The van der Waals surface area contributed by atoms with Crippen molar-refractivity contribution in [3.63, 3.8) is 0 Å². The molecule has 3 N–H and O–H groups in total. The van der Waals surface area contributed by atoms with Crippen molar-refractivity contribution in [2.75, 3.05) is 13.6 Å². The molecule has 16 heavy (non-hydrogen) atoms. The highest BCUT2D eigenvalue weighted by Crippen LogP contribution is 2.19. The van der Waals surface area contributed by atoms with Crippen LogP contribution in [0, 0.1) is 0 Å². The SMILES string of the molecule is CC(O)CN(C)Cc1ccc(CN)cc1Cl. The number of hydrogen-bond donors (Lipinski definition) is 2. The van der Waals surface area contributed by atoms with Crippen LogP contribution in [-0.2, 0) is 13.1 Å². The Morgan fingerprint density at radius 3 is 2.69 bits per heavy atom. The van der Waals surface area contributed by atoms with Crippen molar-refractivity contribution in [2.45, 2.75) is 26.1 Å². The van der Waals surface area contributed by atoms with E-state index in [1.165, 1.54) is 0 Å². The predicted octanol–water partition coefficient (Wildman–Crippen LogP) is 1.61. The first-order valence-corrected chi connectivity index (χ1v) is 5.74. The van der Waals surface area contributed by atoms with Gasteiger partial charge in [-0.05, 0) is 31.2 Å². The molecule has 3 nitrogen and oxygen atoms in total. The second kappa shape index (κ2) is 6.21. The van der Waals surface area contributed by atoms with Gasteiger partial charge in [0.25, 0.3) is 0 Å². The van der Waals surface area contributed by atoms with E-state index in [0.717, 1.165) is 22.7 Å². The summed E-state index contributed by atoms with van der Waals surface area (Å²) in [6.45, 7) is 3.64. The molecule has 0 radical (unpaired) electrons. The predicted molar refractivity (Wildman–Crippen MR) is 67.4 cm³/mol. The van der Waals surface area contributed by atoms with Crippen molar-refractivity contribution in [1.29, 1.82) is 0 Å². The Balaban J connectivity index is 2.66. The van der Waals surface area contributed by atoms with Crippen LogP contribution >= 0.6 is 11.6 Å². The van der Waals surface area contributed by atoms with Crippen molar-refractivity contribution in [3.05, 3.63) is 34.3 Å². The van der Waals surface area contributed by atoms with Crippen LogP contribution in [-0.4, -0.2) is 29.7 Å².